The highest BCUT2D eigenvalue weighted by atomic mass is 19.2. The van der Waals surface area contributed by atoms with E-state index in [4.69, 9.17) is 9.47 Å². The van der Waals surface area contributed by atoms with Crippen LogP contribution in [0.3, 0.4) is 0 Å². The fraction of sp³-hybridized carbons (Fsp3) is 0.444. The first-order valence-corrected chi connectivity index (χ1v) is 15.6. The zero-order chi connectivity index (χ0) is 31.4. The van der Waals surface area contributed by atoms with Crippen LogP contribution in [0.15, 0.2) is 42.5 Å². The van der Waals surface area contributed by atoms with E-state index in [9.17, 15) is 17.6 Å². The third-order valence-electron chi connectivity index (χ3n) is 9.32. The SMILES string of the molecule is CCOc1ccc(C2=CCC(C3CCC(CCc4ccc(-c5ccc(OCC)c(F)c5F)c(F)c4F)CC3)CC2)c(F)c1F. The van der Waals surface area contributed by atoms with Crippen LogP contribution in [0.4, 0.5) is 26.3 Å². The molecule has 1 atom stereocenters. The Labute approximate surface area is 255 Å². The monoisotopic (exact) mass is 616 g/mol. The van der Waals surface area contributed by atoms with E-state index in [0.29, 0.717) is 42.6 Å². The lowest BCUT2D eigenvalue weighted by Crippen LogP contribution is -2.23. The van der Waals surface area contributed by atoms with Crippen molar-refractivity contribution < 1.29 is 35.8 Å². The van der Waals surface area contributed by atoms with Crippen LogP contribution in [0.5, 0.6) is 11.5 Å². The van der Waals surface area contributed by atoms with E-state index < -0.39 is 34.9 Å². The Morgan fingerprint density at radius 3 is 1.70 bits per heavy atom. The second kappa shape index (κ2) is 14.1. The Morgan fingerprint density at radius 1 is 0.591 bits per heavy atom. The summed E-state index contributed by atoms with van der Waals surface area (Å²) in [6.45, 7) is 3.77. The predicted molar refractivity (Wildman–Crippen MR) is 159 cm³/mol. The molecule has 0 amide bonds. The minimum Gasteiger partial charge on any atom is -0.491 e. The molecular weight excluding hydrogens is 578 g/mol. The summed E-state index contributed by atoms with van der Waals surface area (Å²) in [6.07, 6.45) is 9.65. The minimum absolute atomic E-state index is 0.0688. The standard InChI is InChI=1S/C36H38F6O2/c1-3-43-29-19-17-26(32(38)35(29)41)24-13-11-23(12-14-24)22-8-5-21(6-9-22)7-10-25-15-16-27(33(39)31(25)37)28-18-20-30(44-4-2)36(42)34(28)40/h13,15-23H,3-12,14H2,1-2H3. The maximum Gasteiger partial charge on any atom is 0.201 e. The Morgan fingerprint density at radius 2 is 1.14 bits per heavy atom. The lowest BCUT2D eigenvalue weighted by Gasteiger charge is -2.35. The molecule has 1 fully saturated rings. The maximum atomic E-state index is 15.0. The van der Waals surface area contributed by atoms with Crippen LogP contribution in [0.25, 0.3) is 16.7 Å². The van der Waals surface area contributed by atoms with Gasteiger partial charge in [-0.05, 0) is 112 Å². The molecule has 236 valence electrons. The summed E-state index contributed by atoms with van der Waals surface area (Å²) >= 11 is 0. The number of rotatable bonds is 10. The van der Waals surface area contributed by atoms with Crippen molar-refractivity contribution in [2.45, 2.75) is 71.6 Å². The summed E-state index contributed by atoms with van der Waals surface area (Å²) in [5.41, 5.74) is 0.690. The van der Waals surface area contributed by atoms with Crippen LogP contribution in [0, 0.1) is 52.7 Å². The molecule has 3 aromatic rings. The van der Waals surface area contributed by atoms with Gasteiger partial charge in [-0.3, -0.25) is 0 Å². The Hall–Kier alpha value is -3.42. The lowest BCUT2D eigenvalue weighted by molar-refractivity contribution is 0.189. The largest absolute Gasteiger partial charge is 0.491 e. The van der Waals surface area contributed by atoms with E-state index in [1.54, 1.807) is 19.9 Å². The predicted octanol–water partition coefficient (Wildman–Crippen LogP) is 10.6. The van der Waals surface area contributed by atoms with Crippen molar-refractivity contribution >= 4 is 5.57 Å². The van der Waals surface area contributed by atoms with Gasteiger partial charge in [0.15, 0.2) is 34.8 Å². The number of aryl methyl sites for hydroxylation is 1. The van der Waals surface area contributed by atoms with Crippen LogP contribution in [0.1, 0.15) is 76.3 Å². The van der Waals surface area contributed by atoms with Gasteiger partial charge in [-0.25, -0.2) is 17.6 Å². The lowest BCUT2D eigenvalue weighted by atomic mass is 9.70. The molecule has 0 aliphatic heterocycles. The number of hydrogen-bond acceptors (Lipinski definition) is 2. The number of halogens is 6. The van der Waals surface area contributed by atoms with Crippen LogP contribution in [-0.4, -0.2) is 13.2 Å². The second-order valence-electron chi connectivity index (χ2n) is 11.8. The van der Waals surface area contributed by atoms with E-state index in [1.807, 2.05) is 6.08 Å². The van der Waals surface area contributed by atoms with Crippen LogP contribution in [0.2, 0.25) is 0 Å². The summed E-state index contributed by atoms with van der Waals surface area (Å²) in [6, 6.07) is 8.26. The Bertz CT molecular complexity index is 1510. The Balaban J connectivity index is 1.14. The quantitative estimate of drug-likeness (QED) is 0.211. The molecule has 1 saturated carbocycles. The first-order valence-electron chi connectivity index (χ1n) is 15.6. The third-order valence-corrected chi connectivity index (χ3v) is 9.32. The van der Waals surface area contributed by atoms with Gasteiger partial charge in [-0.15, -0.1) is 0 Å². The highest BCUT2D eigenvalue weighted by molar-refractivity contribution is 5.68. The topological polar surface area (TPSA) is 18.5 Å². The third kappa shape index (κ3) is 6.64. The maximum absolute atomic E-state index is 15.0. The smallest absolute Gasteiger partial charge is 0.201 e. The van der Waals surface area contributed by atoms with Gasteiger partial charge in [0.25, 0.3) is 0 Å². The van der Waals surface area contributed by atoms with E-state index >= 15 is 8.78 Å². The summed E-state index contributed by atoms with van der Waals surface area (Å²) < 4.78 is 98.3. The van der Waals surface area contributed by atoms with E-state index in [1.165, 1.54) is 30.3 Å². The van der Waals surface area contributed by atoms with Crippen molar-refractivity contribution in [1.82, 2.24) is 0 Å². The molecule has 2 nitrogen and oxygen atoms in total. The van der Waals surface area contributed by atoms with Gasteiger partial charge in [0.1, 0.15) is 0 Å². The average molecular weight is 617 g/mol. The molecule has 3 aromatic carbocycles. The molecule has 5 rings (SSSR count). The molecule has 0 bridgehead atoms. The van der Waals surface area contributed by atoms with E-state index in [2.05, 4.69) is 0 Å². The summed E-state index contributed by atoms with van der Waals surface area (Å²) in [7, 11) is 0. The van der Waals surface area contributed by atoms with Crippen molar-refractivity contribution in [1.29, 1.82) is 0 Å². The van der Waals surface area contributed by atoms with Crippen molar-refractivity contribution in [2.75, 3.05) is 13.2 Å². The van der Waals surface area contributed by atoms with Crippen LogP contribution >= 0.6 is 0 Å². The number of ether oxygens (including phenoxy) is 2. The highest BCUT2D eigenvalue weighted by Crippen LogP contribution is 2.43. The van der Waals surface area contributed by atoms with Gasteiger partial charge in [-0.2, -0.15) is 8.78 Å². The molecule has 0 radical (unpaired) electrons. The number of hydrogen-bond donors (Lipinski definition) is 0. The van der Waals surface area contributed by atoms with Crippen molar-refractivity contribution in [2.24, 2.45) is 17.8 Å². The molecule has 8 heteroatoms. The molecular formula is C36H38F6O2. The van der Waals surface area contributed by atoms with Crippen molar-refractivity contribution in [3.8, 4) is 22.6 Å². The summed E-state index contributed by atoms with van der Waals surface area (Å²) in [4.78, 5) is 0. The molecule has 2 aliphatic carbocycles. The van der Waals surface area contributed by atoms with E-state index in [0.717, 1.165) is 44.1 Å². The number of allylic oxidation sites excluding steroid dienone is 2. The number of benzene rings is 3. The summed E-state index contributed by atoms with van der Waals surface area (Å²) in [5.74, 6) is -5.45. The first-order chi connectivity index (χ1) is 21.2. The van der Waals surface area contributed by atoms with Gasteiger partial charge in [-0.1, -0.05) is 31.1 Å². The van der Waals surface area contributed by atoms with Crippen molar-refractivity contribution in [3.05, 3.63) is 88.5 Å². The minimum atomic E-state index is -1.28. The molecule has 0 saturated heterocycles. The van der Waals surface area contributed by atoms with E-state index in [-0.39, 0.29) is 41.4 Å². The Kier molecular flexibility index (Phi) is 10.3. The van der Waals surface area contributed by atoms with Gasteiger partial charge < -0.3 is 9.47 Å². The molecule has 0 heterocycles. The van der Waals surface area contributed by atoms with Gasteiger partial charge in [0.2, 0.25) is 11.6 Å². The highest BCUT2D eigenvalue weighted by Gasteiger charge is 2.30. The summed E-state index contributed by atoms with van der Waals surface area (Å²) in [5, 5.41) is 0. The van der Waals surface area contributed by atoms with Crippen LogP contribution in [-0.2, 0) is 6.42 Å². The second-order valence-corrected chi connectivity index (χ2v) is 11.8. The molecule has 1 unspecified atom stereocenters. The molecule has 44 heavy (non-hydrogen) atoms. The molecule has 0 aromatic heterocycles. The molecule has 0 spiro atoms. The fourth-order valence-corrected chi connectivity index (χ4v) is 6.88. The fourth-order valence-electron chi connectivity index (χ4n) is 6.88. The van der Waals surface area contributed by atoms with Crippen molar-refractivity contribution in [3.63, 3.8) is 0 Å². The van der Waals surface area contributed by atoms with Gasteiger partial charge in [0.05, 0.1) is 13.2 Å². The average Bonchev–Trinajstić information content (AvgIpc) is 3.04. The van der Waals surface area contributed by atoms with Gasteiger partial charge >= 0.3 is 0 Å². The zero-order valence-electron chi connectivity index (χ0n) is 25.1. The normalized spacial score (nSPS) is 20.4. The van der Waals surface area contributed by atoms with Crippen LogP contribution < -0.4 is 9.47 Å². The molecule has 2 aliphatic rings. The first kappa shape index (κ1) is 32.0. The van der Waals surface area contributed by atoms with Gasteiger partial charge in [0, 0.05) is 16.7 Å². The zero-order valence-corrected chi connectivity index (χ0v) is 25.1. The molecule has 0 N–H and O–H groups in total.